The normalized spacial score (nSPS) is 12.9. The molecule has 6 nitrogen and oxygen atoms in total. The van der Waals surface area contributed by atoms with E-state index in [0.717, 1.165) is 34.0 Å². The summed E-state index contributed by atoms with van der Waals surface area (Å²) >= 11 is 6.51. The highest BCUT2D eigenvalue weighted by atomic mass is 35.5. The second kappa shape index (κ2) is 13.0. The summed E-state index contributed by atoms with van der Waals surface area (Å²) in [6.07, 6.45) is 1.82. The van der Waals surface area contributed by atoms with Crippen molar-refractivity contribution in [2.75, 3.05) is 18.0 Å². The molecule has 7 heteroatoms. The second-order valence-corrected chi connectivity index (χ2v) is 10.8. The van der Waals surface area contributed by atoms with E-state index in [1.807, 2.05) is 91.9 Å². The third-order valence-electron chi connectivity index (χ3n) is 7.54. The average molecular weight is 568 g/mol. The standard InChI is InChI=1S/C34H34ClN3O3/c1-2-20-36-33(40)30(22-24-11-4-3-5-12-24)38(23-26-13-6-7-17-28(26)35)31(39)19-10-21-37-29-18-9-15-25-14-8-16-27(32(25)29)34(37)41/h3-9,11-18,30H,2,10,19-23H2,1H3,(H,36,40)/t30-/m1/s1. The van der Waals surface area contributed by atoms with Gasteiger partial charge in [0.2, 0.25) is 11.8 Å². The Kier molecular flexibility index (Phi) is 9.00. The molecule has 1 aliphatic rings. The van der Waals surface area contributed by atoms with Gasteiger partial charge >= 0.3 is 0 Å². The van der Waals surface area contributed by atoms with Crippen LogP contribution in [0.1, 0.15) is 47.7 Å². The van der Waals surface area contributed by atoms with Crippen LogP contribution in [0.4, 0.5) is 5.69 Å². The molecular weight excluding hydrogens is 534 g/mol. The lowest BCUT2D eigenvalue weighted by atomic mass is 10.0. The molecule has 0 aromatic heterocycles. The highest BCUT2D eigenvalue weighted by molar-refractivity contribution is 6.31. The van der Waals surface area contributed by atoms with E-state index in [-0.39, 0.29) is 30.7 Å². The van der Waals surface area contributed by atoms with Crippen LogP contribution >= 0.6 is 11.6 Å². The quantitative estimate of drug-likeness (QED) is 0.215. The minimum atomic E-state index is -0.709. The van der Waals surface area contributed by atoms with Crippen molar-refractivity contribution in [1.82, 2.24) is 10.2 Å². The molecule has 5 rings (SSSR count). The van der Waals surface area contributed by atoms with Crippen LogP contribution in [0.25, 0.3) is 10.8 Å². The molecule has 0 unspecified atom stereocenters. The predicted molar refractivity (Wildman–Crippen MR) is 164 cm³/mol. The van der Waals surface area contributed by atoms with Gasteiger partial charge < -0.3 is 15.1 Å². The van der Waals surface area contributed by atoms with Gasteiger partial charge in [-0.15, -0.1) is 0 Å². The van der Waals surface area contributed by atoms with E-state index in [2.05, 4.69) is 5.32 Å². The number of nitrogens with zero attached hydrogens (tertiary/aromatic N) is 2. The van der Waals surface area contributed by atoms with Crippen LogP contribution < -0.4 is 10.2 Å². The van der Waals surface area contributed by atoms with Crippen molar-refractivity contribution in [1.29, 1.82) is 0 Å². The van der Waals surface area contributed by atoms with Crippen LogP contribution in [-0.2, 0) is 22.6 Å². The fraction of sp³-hybridized carbons (Fsp3) is 0.265. The monoisotopic (exact) mass is 567 g/mol. The molecule has 4 aromatic rings. The fourth-order valence-corrected chi connectivity index (χ4v) is 5.66. The molecule has 0 radical (unpaired) electrons. The molecule has 0 saturated carbocycles. The second-order valence-electron chi connectivity index (χ2n) is 10.4. The molecule has 1 aliphatic heterocycles. The Hall–Kier alpha value is -4.16. The van der Waals surface area contributed by atoms with E-state index in [1.165, 1.54) is 0 Å². The van der Waals surface area contributed by atoms with Crippen molar-refractivity contribution in [2.24, 2.45) is 0 Å². The topological polar surface area (TPSA) is 69.7 Å². The van der Waals surface area contributed by atoms with E-state index in [1.54, 1.807) is 15.9 Å². The van der Waals surface area contributed by atoms with Crippen LogP contribution in [-0.4, -0.2) is 41.8 Å². The zero-order valence-electron chi connectivity index (χ0n) is 23.2. The number of hydrogen-bond acceptors (Lipinski definition) is 3. The Bertz CT molecular complexity index is 1550. The molecule has 0 saturated heterocycles. The van der Waals surface area contributed by atoms with Gasteiger partial charge in [0.25, 0.3) is 5.91 Å². The SMILES string of the molecule is CCCNC(=O)[C@@H](Cc1ccccc1)N(Cc1ccccc1Cl)C(=O)CCCN1C(=O)c2cccc3cccc1c23. The summed E-state index contributed by atoms with van der Waals surface area (Å²) in [5.74, 6) is -0.383. The van der Waals surface area contributed by atoms with Gasteiger partial charge in [-0.25, -0.2) is 0 Å². The first-order chi connectivity index (χ1) is 20.0. The Labute approximate surface area is 245 Å². The summed E-state index contributed by atoms with van der Waals surface area (Å²) in [5.41, 5.74) is 3.32. The molecule has 3 amide bonds. The molecule has 210 valence electrons. The number of anilines is 1. The van der Waals surface area contributed by atoms with Crippen molar-refractivity contribution in [3.63, 3.8) is 0 Å². The zero-order valence-corrected chi connectivity index (χ0v) is 23.9. The highest BCUT2D eigenvalue weighted by Crippen LogP contribution is 2.37. The molecule has 1 atom stereocenters. The molecule has 0 spiro atoms. The Balaban J connectivity index is 1.37. The largest absolute Gasteiger partial charge is 0.354 e. The summed E-state index contributed by atoms with van der Waals surface area (Å²) in [5, 5.41) is 5.53. The third kappa shape index (κ3) is 6.28. The van der Waals surface area contributed by atoms with Crippen LogP contribution in [0.3, 0.4) is 0 Å². The lowest BCUT2D eigenvalue weighted by molar-refractivity contribution is -0.141. The Morgan fingerprint density at radius 1 is 0.927 bits per heavy atom. The number of rotatable bonds is 12. The highest BCUT2D eigenvalue weighted by Gasteiger charge is 2.32. The maximum absolute atomic E-state index is 13.9. The number of amides is 3. The van der Waals surface area contributed by atoms with Crippen LogP contribution in [0.2, 0.25) is 5.02 Å². The van der Waals surface area contributed by atoms with Gasteiger partial charge in [-0.3, -0.25) is 14.4 Å². The maximum atomic E-state index is 13.9. The molecule has 0 aliphatic carbocycles. The van der Waals surface area contributed by atoms with Crippen molar-refractivity contribution in [2.45, 2.75) is 45.2 Å². The van der Waals surface area contributed by atoms with E-state index < -0.39 is 6.04 Å². The fourth-order valence-electron chi connectivity index (χ4n) is 5.46. The smallest absolute Gasteiger partial charge is 0.258 e. The van der Waals surface area contributed by atoms with Gasteiger partial charge in [0.1, 0.15) is 6.04 Å². The average Bonchev–Trinajstić information content (AvgIpc) is 3.27. The van der Waals surface area contributed by atoms with Crippen LogP contribution in [0.5, 0.6) is 0 Å². The van der Waals surface area contributed by atoms with Gasteiger partial charge in [-0.2, -0.15) is 0 Å². The molecule has 41 heavy (non-hydrogen) atoms. The third-order valence-corrected chi connectivity index (χ3v) is 7.91. The molecule has 1 N–H and O–H groups in total. The summed E-state index contributed by atoms with van der Waals surface area (Å²) in [4.78, 5) is 44.1. The minimum Gasteiger partial charge on any atom is -0.354 e. The lowest BCUT2D eigenvalue weighted by Crippen LogP contribution is -2.50. The number of carbonyl (C=O) groups excluding carboxylic acids is 3. The Morgan fingerprint density at radius 3 is 2.41 bits per heavy atom. The number of carbonyl (C=O) groups is 3. The van der Waals surface area contributed by atoms with Crippen molar-refractivity contribution >= 4 is 45.8 Å². The number of benzene rings is 4. The first-order valence-electron chi connectivity index (χ1n) is 14.2. The summed E-state index contributed by atoms with van der Waals surface area (Å²) in [7, 11) is 0. The molecule has 1 heterocycles. The summed E-state index contributed by atoms with van der Waals surface area (Å²) in [6.45, 7) is 3.14. The number of nitrogens with one attached hydrogen (secondary N) is 1. The van der Waals surface area contributed by atoms with Crippen molar-refractivity contribution in [3.8, 4) is 0 Å². The lowest BCUT2D eigenvalue weighted by Gasteiger charge is -2.32. The number of hydrogen-bond donors (Lipinski definition) is 1. The molecule has 0 fully saturated rings. The van der Waals surface area contributed by atoms with Crippen LogP contribution in [0.15, 0.2) is 91.0 Å². The molecule has 0 bridgehead atoms. The summed E-state index contributed by atoms with van der Waals surface area (Å²) < 4.78 is 0. The van der Waals surface area contributed by atoms with E-state index >= 15 is 0 Å². The van der Waals surface area contributed by atoms with E-state index in [4.69, 9.17) is 11.6 Å². The zero-order chi connectivity index (χ0) is 28.8. The predicted octanol–water partition coefficient (Wildman–Crippen LogP) is 6.40. The Morgan fingerprint density at radius 2 is 1.66 bits per heavy atom. The van der Waals surface area contributed by atoms with Gasteiger partial charge in [0.15, 0.2) is 0 Å². The van der Waals surface area contributed by atoms with Crippen molar-refractivity contribution in [3.05, 3.63) is 113 Å². The van der Waals surface area contributed by atoms with Crippen molar-refractivity contribution < 1.29 is 14.4 Å². The number of halogens is 1. The van der Waals surface area contributed by atoms with Gasteiger partial charge in [0, 0.05) is 48.4 Å². The van der Waals surface area contributed by atoms with Crippen LogP contribution in [0, 0.1) is 0 Å². The van der Waals surface area contributed by atoms with Gasteiger partial charge in [0.05, 0.1) is 5.69 Å². The van der Waals surface area contributed by atoms with E-state index in [0.29, 0.717) is 36.5 Å². The minimum absolute atomic E-state index is 0.0435. The maximum Gasteiger partial charge on any atom is 0.258 e. The van der Waals surface area contributed by atoms with E-state index in [9.17, 15) is 14.4 Å². The molecule has 4 aromatic carbocycles. The first-order valence-corrected chi connectivity index (χ1v) is 14.5. The first kappa shape index (κ1) is 28.4. The summed E-state index contributed by atoms with van der Waals surface area (Å²) in [6, 6.07) is 28.1. The van der Waals surface area contributed by atoms with Gasteiger partial charge in [-0.05, 0) is 47.6 Å². The van der Waals surface area contributed by atoms with Gasteiger partial charge in [-0.1, -0.05) is 91.3 Å². The molecular formula is C34H34ClN3O3.